The molecule has 0 saturated carbocycles. The maximum Gasteiger partial charge on any atom is 0.0191 e. The zero-order valence-electron chi connectivity index (χ0n) is 7.30. The fourth-order valence-electron chi connectivity index (χ4n) is 1.49. The lowest BCUT2D eigenvalue weighted by Crippen LogP contribution is -2.34. The Morgan fingerprint density at radius 1 is 1.20 bits per heavy atom. The lowest BCUT2D eigenvalue weighted by molar-refractivity contribution is 0.242. The minimum atomic E-state index is 0.729. The second kappa shape index (κ2) is 3.35. The van der Waals surface area contributed by atoms with Crippen molar-refractivity contribution in [3.05, 3.63) is 0 Å². The van der Waals surface area contributed by atoms with Crippen molar-refractivity contribution in [2.24, 2.45) is 0 Å². The van der Waals surface area contributed by atoms with Crippen LogP contribution < -0.4 is 0 Å². The summed E-state index contributed by atoms with van der Waals surface area (Å²) in [6.07, 6.45) is 1.32. The van der Waals surface area contributed by atoms with Gasteiger partial charge in [-0.15, -0.1) is 0 Å². The van der Waals surface area contributed by atoms with E-state index in [-0.39, 0.29) is 0 Å². The molecule has 0 aromatic carbocycles. The van der Waals surface area contributed by atoms with Gasteiger partial charge in [0.05, 0.1) is 0 Å². The molecule has 0 aromatic heterocycles. The fraction of sp³-hybridized carbons (Fsp3) is 1.00. The van der Waals surface area contributed by atoms with Crippen LogP contribution in [0.3, 0.4) is 0 Å². The van der Waals surface area contributed by atoms with Gasteiger partial charge in [0.25, 0.3) is 0 Å². The first-order valence-electron chi connectivity index (χ1n) is 4.09. The van der Waals surface area contributed by atoms with Crippen LogP contribution in [0.4, 0.5) is 0 Å². The van der Waals surface area contributed by atoms with E-state index >= 15 is 0 Å². The predicted molar refractivity (Wildman–Crippen MR) is 44.2 cm³/mol. The van der Waals surface area contributed by atoms with Crippen LogP contribution >= 0.6 is 0 Å². The molecule has 0 bridgehead atoms. The van der Waals surface area contributed by atoms with Gasteiger partial charge in [0.15, 0.2) is 0 Å². The van der Waals surface area contributed by atoms with Gasteiger partial charge < -0.3 is 9.80 Å². The minimum absolute atomic E-state index is 0.729. The topological polar surface area (TPSA) is 6.48 Å². The van der Waals surface area contributed by atoms with Gasteiger partial charge in [0.1, 0.15) is 0 Å². The molecular formula is C8H18N2. The van der Waals surface area contributed by atoms with Crippen LogP contribution in [0.1, 0.15) is 13.3 Å². The van der Waals surface area contributed by atoms with Crippen LogP contribution in [0, 0.1) is 0 Å². The van der Waals surface area contributed by atoms with Crippen LogP contribution in [0.25, 0.3) is 0 Å². The Kier molecular flexibility index (Phi) is 2.69. The first-order valence-corrected chi connectivity index (χ1v) is 4.09. The van der Waals surface area contributed by atoms with Gasteiger partial charge in [-0.1, -0.05) is 0 Å². The average molecular weight is 142 g/mol. The van der Waals surface area contributed by atoms with Crippen molar-refractivity contribution >= 4 is 0 Å². The highest BCUT2D eigenvalue weighted by atomic mass is 15.2. The molecule has 60 valence electrons. The van der Waals surface area contributed by atoms with E-state index in [1.807, 2.05) is 0 Å². The summed E-state index contributed by atoms with van der Waals surface area (Å²) >= 11 is 0. The molecule has 1 saturated heterocycles. The third-order valence-corrected chi connectivity index (χ3v) is 2.38. The van der Waals surface area contributed by atoms with Crippen molar-refractivity contribution < 1.29 is 0 Å². The quantitative estimate of drug-likeness (QED) is 0.490. The molecule has 0 N–H and O–H groups in total. The molecule has 1 fully saturated rings. The van der Waals surface area contributed by atoms with E-state index in [0.717, 1.165) is 6.04 Å². The lowest BCUT2D eigenvalue weighted by atomic mass is 10.3. The summed E-state index contributed by atoms with van der Waals surface area (Å²) in [6.45, 7) is 6.03. The molecule has 1 rings (SSSR count). The monoisotopic (exact) mass is 142 g/mol. The van der Waals surface area contributed by atoms with Crippen LogP contribution in [0.2, 0.25) is 0 Å². The van der Waals surface area contributed by atoms with Crippen LogP contribution in [0.5, 0.6) is 0 Å². The first-order chi connectivity index (χ1) is 4.70. The number of rotatable bonds is 0. The summed E-state index contributed by atoms with van der Waals surface area (Å²) in [6, 6.07) is 0.729. The van der Waals surface area contributed by atoms with E-state index in [2.05, 4.69) is 30.8 Å². The molecule has 1 heterocycles. The molecular weight excluding hydrogens is 124 g/mol. The Morgan fingerprint density at radius 3 is 2.60 bits per heavy atom. The lowest BCUT2D eigenvalue weighted by Gasteiger charge is -2.22. The van der Waals surface area contributed by atoms with E-state index in [1.54, 1.807) is 0 Å². The van der Waals surface area contributed by atoms with Crippen LogP contribution in [-0.2, 0) is 0 Å². The van der Waals surface area contributed by atoms with Crippen molar-refractivity contribution in [1.29, 1.82) is 0 Å². The Balaban J connectivity index is 2.41. The van der Waals surface area contributed by atoms with E-state index in [9.17, 15) is 0 Å². The number of hydrogen-bond acceptors (Lipinski definition) is 2. The van der Waals surface area contributed by atoms with Crippen molar-refractivity contribution in [3.8, 4) is 0 Å². The zero-order valence-corrected chi connectivity index (χ0v) is 7.30. The summed E-state index contributed by atoms with van der Waals surface area (Å²) in [4.78, 5) is 4.84. The third kappa shape index (κ3) is 1.96. The highest BCUT2D eigenvalue weighted by molar-refractivity contribution is 4.71. The summed E-state index contributed by atoms with van der Waals surface area (Å²) in [5.41, 5.74) is 0. The van der Waals surface area contributed by atoms with Gasteiger partial charge in [-0.25, -0.2) is 0 Å². The van der Waals surface area contributed by atoms with E-state index < -0.39 is 0 Å². The highest BCUT2D eigenvalue weighted by Crippen LogP contribution is 2.04. The molecule has 0 radical (unpaired) electrons. The second-order valence-electron chi connectivity index (χ2n) is 3.45. The number of hydrogen-bond donors (Lipinski definition) is 0. The molecule has 0 aromatic rings. The maximum atomic E-state index is 2.43. The largest absolute Gasteiger partial charge is 0.305 e. The van der Waals surface area contributed by atoms with E-state index in [1.165, 1.54) is 26.1 Å². The smallest absolute Gasteiger partial charge is 0.0191 e. The molecule has 1 aliphatic rings. The molecule has 2 heteroatoms. The number of likely N-dealkylation sites (N-methyl/N-ethyl adjacent to an activating group) is 2. The molecule has 0 aliphatic carbocycles. The second-order valence-corrected chi connectivity index (χ2v) is 3.45. The Labute approximate surface area is 63.8 Å². The summed E-state index contributed by atoms with van der Waals surface area (Å²) < 4.78 is 0. The average Bonchev–Trinajstić information content (AvgIpc) is 1.96. The Morgan fingerprint density at radius 2 is 1.90 bits per heavy atom. The summed E-state index contributed by atoms with van der Waals surface area (Å²) in [5.74, 6) is 0. The molecule has 1 aliphatic heterocycles. The van der Waals surface area contributed by atoms with E-state index in [4.69, 9.17) is 0 Å². The van der Waals surface area contributed by atoms with Gasteiger partial charge in [-0.3, -0.25) is 0 Å². The van der Waals surface area contributed by atoms with Gasteiger partial charge in [-0.05, 0) is 40.5 Å². The highest BCUT2D eigenvalue weighted by Gasteiger charge is 2.14. The predicted octanol–water partition coefficient (Wildman–Crippen LogP) is 0.642. The SMILES string of the molecule is C[C@@H]1CN(C)CCCN1C. The van der Waals surface area contributed by atoms with Crippen molar-refractivity contribution in [1.82, 2.24) is 9.80 Å². The molecule has 0 unspecified atom stereocenters. The Bertz CT molecular complexity index is 103. The normalized spacial score (nSPS) is 32.1. The molecule has 0 amide bonds. The van der Waals surface area contributed by atoms with Crippen molar-refractivity contribution in [3.63, 3.8) is 0 Å². The van der Waals surface area contributed by atoms with Gasteiger partial charge in [0.2, 0.25) is 0 Å². The standard InChI is InChI=1S/C8H18N2/c1-8-7-9(2)5-4-6-10(8)3/h8H,4-7H2,1-3H3/t8-/m1/s1. The number of nitrogens with zero attached hydrogens (tertiary/aromatic N) is 2. The maximum absolute atomic E-state index is 2.43. The van der Waals surface area contributed by atoms with Crippen LogP contribution in [-0.4, -0.2) is 49.6 Å². The van der Waals surface area contributed by atoms with Crippen molar-refractivity contribution in [2.75, 3.05) is 33.7 Å². The van der Waals surface area contributed by atoms with Gasteiger partial charge in [-0.2, -0.15) is 0 Å². The summed E-state index contributed by atoms with van der Waals surface area (Å²) in [7, 11) is 4.42. The van der Waals surface area contributed by atoms with Gasteiger partial charge >= 0.3 is 0 Å². The minimum Gasteiger partial charge on any atom is -0.305 e. The fourth-order valence-corrected chi connectivity index (χ4v) is 1.49. The molecule has 2 nitrogen and oxygen atoms in total. The third-order valence-electron chi connectivity index (χ3n) is 2.38. The first kappa shape index (κ1) is 8.02. The van der Waals surface area contributed by atoms with E-state index in [0.29, 0.717) is 0 Å². The van der Waals surface area contributed by atoms with Gasteiger partial charge in [0, 0.05) is 12.6 Å². The summed E-state index contributed by atoms with van der Waals surface area (Å²) in [5, 5.41) is 0. The van der Waals surface area contributed by atoms with Crippen LogP contribution in [0.15, 0.2) is 0 Å². The zero-order chi connectivity index (χ0) is 7.56. The van der Waals surface area contributed by atoms with Crippen molar-refractivity contribution in [2.45, 2.75) is 19.4 Å². The molecule has 0 spiro atoms. The Hall–Kier alpha value is -0.0800. The molecule has 1 atom stereocenters. The molecule has 10 heavy (non-hydrogen) atoms.